The van der Waals surface area contributed by atoms with Gasteiger partial charge in [-0.05, 0) is 41.0 Å². The number of ether oxygens (including phenoxy) is 1. The highest BCUT2D eigenvalue weighted by atomic mass is 16.5. The van der Waals surface area contributed by atoms with Gasteiger partial charge in [-0.25, -0.2) is 4.79 Å². The topological polar surface area (TPSA) is 105 Å². The largest absolute Gasteiger partial charge is 0.493 e. The van der Waals surface area contributed by atoms with Crippen LogP contribution in [0.15, 0.2) is 42.5 Å². The molecule has 7 heteroatoms. The number of benzene rings is 2. The van der Waals surface area contributed by atoms with E-state index in [1.165, 1.54) is 6.92 Å². The first-order chi connectivity index (χ1) is 12.9. The van der Waals surface area contributed by atoms with Crippen molar-refractivity contribution in [2.24, 2.45) is 0 Å². The average Bonchev–Trinajstić information content (AvgIpc) is 3.12. The lowest BCUT2D eigenvalue weighted by Gasteiger charge is -2.16. The fourth-order valence-electron chi connectivity index (χ4n) is 2.89. The molecule has 140 valence electrons. The van der Waals surface area contributed by atoms with Crippen LogP contribution in [0.25, 0.3) is 0 Å². The van der Waals surface area contributed by atoms with E-state index in [0.29, 0.717) is 24.3 Å². The smallest absolute Gasteiger partial charge is 0.330 e. The van der Waals surface area contributed by atoms with E-state index in [4.69, 9.17) is 4.74 Å². The monoisotopic (exact) mass is 368 g/mol. The Morgan fingerprint density at radius 1 is 1.15 bits per heavy atom. The molecule has 3 N–H and O–H groups in total. The third-order valence-corrected chi connectivity index (χ3v) is 4.33. The number of hydrogen-bond acceptors (Lipinski definition) is 4. The van der Waals surface area contributed by atoms with E-state index in [1.807, 2.05) is 0 Å². The fraction of sp³-hybridized carbons (Fsp3) is 0.250. The van der Waals surface area contributed by atoms with Crippen LogP contribution in [0.1, 0.15) is 40.0 Å². The molecule has 0 saturated heterocycles. The number of carbonyl (C=O) groups excluding carboxylic acids is 2. The van der Waals surface area contributed by atoms with Crippen molar-refractivity contribution in [3.05, 3.63) is 64.7 Å². The number of rotatable bonds is 6. The van der Waals surface area contributed by atoms with Crippen molar-refractivity contribution in [1.82, 2.24) is 10.6 Å². The van der Waals surface area contributed by atoms with E-state index in [1.54, 1.807) is 42.5 Å². The maximum absolute atomic E-state index is 12.5. The first-order valence-corrected chi connectivity index (χ1v) is 8.56. The fourth-order valence-corrected chi connectivity index (χ4v) is 2.89. The second-order valence-corrected chi connectivity index (χ2v) is 6.32. The van der Waals surface area contributed by atoms with Gasteiger partial charge in [0.1, 0.15) is 5.75 Å². The Balaban J connectivity index is 1.72. The van der Waals surface area contributed by atoms with Gasteiger partial charge < -0.3 is 20.5 Å². The first-order valence-electron chi connectivity index (χ1n) is 8.56. The van der Waals surface area contributed by atoms with E-state index < -0.39 is 17.9 Å². The molecule has 27 heavy (non-hydrogen) atoms. The Morgan fingerprint density at radius 2 is 1.89 bits per heavy atom. The average molecular weight is 368 g/mol. The highest BCUT2D eigenvalue weighted by molar-refractivity contribution is 5.96. The Kier molecular flexibility index (Phi) is 5.40. The summed E-state index contributed by atoms with van der Waals surface area (Å²) in [6, 6.07) is 10.6. The molecule has 0 fully saturated rings. The van der Waals surface area contributed by atoms with Gasteiger partial charge in [0.15, 0.2) is 6.04 Å². The van der Waals surface area contributed by atoms with Crippen LogP contribution in [0.2, 0.25) is 0 Å². The predicted octanol–water partition coefficient (Wildman–Crippen LogP) is 1.81. The lowest BCUT2D eigenvalue weighted by atomic mass is 10.0. The molecule has 2 amide bonds. The van der Waals surface area contributed by atoms with Gasteiger partial charge in [-0.3, -0.25) is 9.59 Å². The third-order valence-electron chi connectivity index (χ3n) is 4.33. The van der Waals surface area contributed by atoms with Gasteiger partial charge in [0.2, 0.25) is 5.91 Å². The van der Waals surface area contributed by atoms with Crippen molar-refractivity contribution in [2.45, 2.75) is 25.9 Å². The molecule has 0 bridgehead atoms. The summed E-state index contributed by atoms with van der Waals surface area (Å²) >= 11 is 0. The van der Waals surface area contributed by atoms with Gasteiger partial charge in [-0.15, -0.1) is 0 Å². The minimum Gasteiger partial charge on any atom is -0.493 e. The molecule has 7 nitrogen and oxygen atoms in total. The molecular formula is C20H20N2O5. The van der Waals surface area contributed by atoms with E-state index in [0.717, 1.165) is 23.3 Å². The molecule has 1 aliphatic heterocycles. The van der Waals surface area contributed by atoms with Crippen molar-refractivity contribution < 1.29 is 24.2 Å². The SMILES string of the molecule is CC(=O)NCc1ccc(C(=O)NC(C(=O)O)c2ccc3c(c2)CCO3)cc1. The van der Waals surface area contributed by atoms with Crippen LogP contribution >= 0.6 is 0 Å². The summed E-state index contributed by atoms with van der Waals surface area (Å²) in [5.74, 6) is -1.00. The quantitative estimate of drug-likeness (QED) is 0.721. The summed E-state index contributed by atoms with van der Waals surface area (Å²) in [6.07, 6.45) is 0.721. The number of carbonyl (C=O) groups is 3. The van der Waals surface area contributed by atoms with Crippen LogP contribution in [0.5, 0.6) is 5.75 Å². The molecule has 0 aliphatic carbocycles. The molecule has 0 saturated carbocycles. The van der Waals surface area contributed by atoms with Gasteiger partial charge in [0.05, 0.1) is 6.61 Å². The third kappa shape index (κ3) is 4.44. The molecule has 1 atom stereocenters. The Hall–Kier alpha value is -3.35. The number of carboxylic acids is 1. The second-order valence-electron chi connectivity index (χ2n) is 6.32. The summed E-state index contributed by atoms with van der Waals surface area (Å²) in [5.41, 5.74) is 2.63. The Morgan fingerprint density at radius 3 is 2.56 bits per heavy atom. The van der Waals surface area contributed by atoms with Crippen molar-refractivity contribution >= 4 is 17.8 Å². The van der Waals surface area contributed by atoms with Gasteiger partial charge >= 0.3 is 5.97 Å². The summed E-state index contributed by atoms with van der Waals surface area (Å²) < 4.78 is 5.43. The van der Waals surface area contributed by atoms with Gasteiger partial charge in [0, 0.05) is 25.5 Å². The minimum atomic E-state index is -1.15. The van der Waals surface area contributed by atoms with E-state index in [2.05, 4.69) is 10.6 Å². The van der Waals surface area contributed by atoms with E-state index >= 15 is 0 Å². The standard InChI is InChI=1S/C20H20N2O5/c1-12(23)21-11-13-2-4-14(5-3-13)19(24)22-18(20(25)26)16-6-7-17-15(10-16)8-9-27-17/h2-7,10,18H,8-9,11H2,1H3,(H,21,23)(H,22,24)(H,25,26). The van der Waals surface area contributed by atoms with Crippen LogP contribution in [-0.4, -0.2) is 29.5 Å². The number of carboxylic acid groups (broad SMARTS) is 1. The Labute approximate surface area is 156 Å². The molecule has 0 aromatic heterocycles. The molecule has 0 radical (unpaired) electrons. The maximum Gasteiger partial charge on any atom is 0.330 e. The van der Waals surface area contributed by atoms with Crippen LogP contribution in [0.4, 0.5) is 0 Å². The van der Waals surface area contributed by atoms with Crippen LogP contribution in [0, 0.1) is 0 Å². The number of fused-ring (bicyclic) bond motifs is 1. The number of aliphatic carboxylic acids is 1. The summed E-state index contributed by atoms with van der Waals surface area (Å²) in [6.45, 7) is 2.37. The molecule has 3 rings (SSSR count). The van der Waals surface area contributed by atoms with Crippen molar-refractivity contribution in [1.29, 1.82) is 0 Å². The second kappa shape index (κ2) is 7.90. The van der Waals surface area contributed by atoms with Gasteiger partial charge in [0.25, 0.3) is 5.91 Å². The van der Waals surface area contributed by atoms with Crippen molar-refractivity contribution in [3.63, 3.8) is 0 Å². The molecule has 1 aliphatic rings. The lowest BCUT2D eigenvalue weighted by molar-refractivity contribution is -0.139. The van der Waals surface area contributed by atoms with Gasteiger partial charge in [-0.1, -0.05) is 18.2 Å². The number of amides is 2. The van der Waals surface area contributed by atoms with Crippen molar-refractivity contribution in [3.8, 4) is 5.75 Å². The van der Waals surface area contributed by atoms with E-state index in [9.17, 15) is 19.5 Å². The molecular weight excluding hydrogens is 348 g/mol. The van der Waals surface area contributed by atoms with E-state index in [-0.39, 0.29) is 5.91 Å². The van der Waals surface area contributed by atoms with Crippen molar-refractivity contribution in [2.75, 3.05) is 6.61 Å². The predicted molar refractivity (Wildman–Crippen MR) is 97.4 cm³/mol. The first kappa shape index (κ1) is 18.4. The zero-order valence-electron chi connectivity index (χ0n) is 14.8. The molecule has 2 aromatic carbocycles. The molecule has 1 heterocycles. The highest BCUT2D eigenvalue weighted by Crippen LogP contribution is 2.28. The molecule has 0 spiro atoms. The summed E-state index contributed by atoms with van der Waals surface area (Å²) in [4.78, 5) is 35.1. The minimum absolute atomic E-state index is 0.138. The maximum atomic E-state index is 12.5. The van der Waals surface area contributed by atoms with Crippen LogP contribution < -0.4 is 15.4 Å². The zero-order valence-corrected chi connectivity index (χ0v) is 14.8. The number of nitrogens with one attached hydrogen (secondary N) is 2. The zero-order chi connectivity index (χ0) is 19.4. The highest BCUT2D eigenvalue weighted by Gasteiger charge is 2.24. The van der Waals surface area contributed by atoms with Crippen LogP contribution in [0.3, 0.4) is 0 Å². The lowest BCUT2D eigenvalue weighted by Crippen LogP contribution is -2.33. The number of hydrogen-bond donors (Lipinski definition) is 3. The summed E-state index contributed by atoms with van der Waals surface area (Å²) in [7, 11) is 0. The molecule has 1 unspecified atom stereocenters. The molecule has 2 aromatic rings. The Bertz CT molecular complexity index is 876. The van der Waals surface area contributed by atoms with Crippen LogP contribution in [-0.2, 0) is 22.6 Å². The van der Waals surface area contributed by atoms with Gasteiger partial charge in [-0.2, -0.15) is 0 Å². The normalized spacial score (nSPS) is 13.2. The summed E-state index contributed by atoms with van der Waals surface area (Å²) in [5, 5.41) is 14.8.